The third-order valence-corrected chi connectivity index (χ3v) is 2.72. The van der Waals surface area contributed by atoms with E-state index in [4.69, 9.17) is 5.11 Å². The molecule has 2 rings (SSSR count). The molecule has 8 heteroatoms. The maximum atomic E-state index is 10.8. The van der Waals surface area contributed by atoms with Crippen molar-refractivity contribution in [1.29, 1.82) is 0 Å². The number of aromatic amines is 1. The number of nitrogens with one attached hydrogen (secondary N) is 2. The fraction of sp³-hybridized carbons (Fsp3) is 0.200. The zero-order valence-electron chi connectivity index (χ0n) is 9.17. The molecule has 0 fully saturated rings. The summed E-state index contributed by atoms with van der Waals surface area (Å²) in [5.41, 5.74) is 1.28. The number of hydrogen-bond acceptors (Lipinski definition) is 4. The van der Waals surface area contributed by atoms with Crippen LogP contribution in [0.4, 0.5) is 4.79 Å². The summed E-state index contributed by atoms with van der Waals surface area (Å²) in [6, 6.07) is 4.98. The van der Waals surface area contributed by atoms with Crippen molar-refractivity contribution in [3.63, 3.8) is 0 Å². The molecule has 0 aliphatic carbocycles. The number of H-pyrrole nitrogens is 1. The highest BCUT2D eigenvalue weighted by Crippen LogP contribution is 2.16. The number of aromatic nitrogens is 4. The van der Waals surface area contributed by atoms with E-state index < -0.39 is 12.1 Å². The number of rotatable bonds is 4. The number of hydrogen-bond donors (Lipinski definition) is 3. The molecular formula is C10H10BrN5O2. The Morgan fingerprint density at radius 2 is 2.39 bits per heavy atom. The summed E-state index contributed by atoms with van der Waals surface area (Å²) in [4.78, 5) is 15.0. The molecule has 2 heterocycles. The highest BCUT2D eigenvalue weighted by Gasteiger charge is 2.18. The van der Waals surface area contributed by atoms with Gasteiger partial charge >= 0.3 is 6.09 Å². The molecule has 3 N–H and O–H groups in total. The van der Waals surface area contributed by atoms with E-state index in [0.29, 0.717) is 16.7 Å². The molecule has 0 aliphatic rings. The zero-order chi connectivity index (χ0) is 13.0. The Kier molecular flexibility index (Phi) is 3.88. The van der Waals surface area contributed by atoms with Crippen molar-refractivity contribution in [3.8, 4) is 0 Å². The average molecular weight is 312 g/mol. The summed E-state index contributed by atoms with van der Waals surface area (Å²) >= 11 is 3.27. The Bertz CT molecular complexity index is 531. The van der Waals surface area contributed by atoms with Crippen LogP contribution in [0, 0.1) is 0 Å². The second kappa shape index (κ2) is 5.58. The topological polar surface area (TPSA) is 104 Å². The van der Waals surface area contributed by atoms with Gasteiger partial charge in [0.15, 0.2) is 0 Å². The van der Waals surface area contributed by atoms with Gasteiger partial charge in [0, 0.05) is 18.3 Å². The Morgan fingerprint density at radius 3 is 3.00 bits per heavy atom. The second-order valence-corrected chi connectivity index (χ2v) is 4.37. The van der Waals surface area contributed by atoms with Crippen LogP contribution in [0.2, 0.25) is 0 Å². The largest absolute Gasteiger partial charge is 0.465 e. The molecule has 0 spiro atoms. The molecule has 0 radical (unpaired) electrons. The van der Waals surface area contributed by atoms with Gasteiger partial charge in [-0.2, -0.15) is 0 Å². The monoisotopic (exact) mass is 311 g/mol. The van der Waals surface area contributed by atoms with Gasteiger partial charge in [-0.1, -0.05) is 11.3 Å². The molecule has 18 heavy (non-hydrogen) atoms. The van der Waals surface area contributed by atoms with Crippen molar-refractivity contribution >= 4 is 22.0 Å². The summed E-state index contributed by atoms with van der Waals surface area (Å²) in [6.07, 6.45) is 0.842. The Morgan fingerprint density at radius 1 is 1.56 bits per heavy atom. The molecule has 1 amide bonds. The predicted octanol–water partition coefficient (Wildman–Crippen LogP) is 1.51. The molecule has 2 aromatic rings. The van der Waals surface area contributed by atoms with Crippen LogP contribution in [0.5, 0.6) is 0 Å². The first-order valence-corrected chi connectivity index (χ1v) is 5.91. The first-order valence-electron chi connectivity index (χ1n) is 5.12. The summed E-state index contributed by atoms with van der Waals surface area (Å²) in [7, 11) is 0. The van der Waals surface area contributed by atoms with Crippen molar-refractivity contribution in [3.05, 3.63) is 40.4 Å². The lowest BCUT2D eigenvalue weighted by Crippen LogP contribution is -2.28. The van der Waals surface area contributed by atoms with Crippen LogP contribution >= 0.6 is 15.9 Å². The first-order chi connectivity index (χ1) is 8.65. The smallest absolute Gasteiger partial charge is 0.405 e. The van der Waals surface area contributed by atoms with Crippen LogP contribution < -0.4 is 5.32 Å². The van der Waals surface area contributed by atoms with E-state index in [1.54, 1.807) is 12.3 Å². The lowest BCUT2D eigenvalue weighted by Gasteiger charge is -2.13. The molecule has 1 atom stereocenters. The zero-order valence-corrected chi connectivity index (χ0v) is 10.8. The lowest BCUT2D eigenvalue weighted by molar-refractivity contribution is 0.189. The molecule has 0 aromatic carbocycles. The summed E-state index contributed by atoms with van der Waals surface area (Å²) in [5.74, 6) is 0. The maximum Gasteiger partial charge on any atom is 0.405 e. The molecule has 0 aliphatic heterocycles. The summed E-state index contributed by atoms with van der Waals surface area (Å²) in [6.45, 7) is 0. The fourth-order valence-electron chi connectivity index (χ4n) is 1.53. The molecule has 94 valence electrons. The Balaban J connectivity index is 2.17. The van der Waals surface area contributed by atoms with Gasteiger partial charge < -0.3 is 10.4 Å². The van der Waals surface area contributed by atoms with Gasteiger partial charge in [-0.3, -0.25) is 5.10 Å². The van der Waals surface area contributed by atoms with Gasteiger partial charge in [0.25, 0.3) is 0 Å². The van der Waals surface area contributed by atoms with E-state index in [2.05, 4.69) is 41.6 Å². The fourth-order valence-corrected chi connectivity index (χ4v) is 1.91. The highest BCUT2D eigenvalue weighted by atomic mass is 79.9. The van der Waals surface area contributed by atoms with Crippen molar-refractivity contribution < 1.29 is 9.90 Å². The van der Waals surface area contributed by atoms with Crippen LogP contribution in [0.25, 0.3) is 0 Å². The van der Waals surface area contributed by atoms with Gasteiger partial charge in [-0.25, -0.2) is 9.78 Å². The first kappa shape index (κ1) is 12.5. The van der Waals surface area contributed by atoms with Crippen molar-refractivity contribution in [2.24, 2.45) is 0 Å². The Hall–Kier alpha value is -1.96. The molecule has 7 nitrogen and oxygen atoms in total. The van der Waals surface area contributed by atoms with Gasteiger partial charge in [-0.15, -0.1) is 5.10 Å². The molecule has 2 aromatic heterocycles. The highest BCUT2D eigenvalue weighted by molar-refractivity contribution is 9.10. The molecule has 0 saturated carbocycles. The van der Waals surface area contributed by atoms with Crippen LogP contribution in [-0.2, 0) is 6.42 Å². The van der Waals surface area contributed by atoms with E-state index in [-0.39, 0.29) is 0 Å². The van der Waals surface area contributed by atoms with Gasteiger partial charge in [0.05, 0.1) is 6.04 Å². The van der Waals surface area contributed by atoms with Crippen LogP contribution in [0.1, 0.15) is 17.4 Å². The van der Waals surface area contributed by atoms with E-state index in [0.717, 1.165) is 5.69 Å². The van der Waals surface area contributed by atoms with Crippen LogP contribution in [0.15, 0.2) is 29.0 Å². The van der Waals surface area contributed by atoms with Crippen molar-refractivity contribution in [1.82, 2.24) is 25.7 Å². The van der Waals surface area contributed by atoms with Gasteiger partial charge in [0.2, 0.25) is 0 Å². The molecular weight excluding hydrogens is 302 g/mol. The van der Waals surface area contributed by atoms with Crippen molar-refractivity contribution in [2.75, 3.05) is 0 Å². The van der Waals surface area contributed by atoms with Gasteiger partial charge in [-0.05, 0) is 28.1 Å². The molecule has 0 bridgehead atoms. The average Bonchev–Trinajstić information content (AvgIpc) is 2.80. The number of amides is 1. The maximum absolute atomic E-state index is 10.8. The number of carbonyl (C=O) groups is 1. The Labute approximate surface area is 111 Å². The van der Waals surface area contributed by atoms with Gasteiger partial charge in [0.1, 0.15) is 10.3 Å². The minimum absolute atomic E-state index is 0.401. The molecule has 1 unspecified atom stereocenters. The number of halogens is 1. The van der Waals surface area contributed by atoms with E-state index in [9.17, 15) is 4.79 Å². The number of nitrogens with zero attached hydrogens (tertiary/aromatic N) is 3. The van der Waals surface area contributed by atoms with E-state index >= 15 is 0 Å². The lowest BCUT2D eigenvalue weighted by atomic mass is 10.1. The normalized spacial score (nSPS) is 12.1. The standard InChI is InChI=1S/C10H10BrN5O2/c11-9-3-1-2-6(13-9)4-7(14-10(17)18)8-5-12-16-15-8/h1-3,5,7,14H,4H2,(H,17,18)(H,12,15,16). The summed E-state index contributed by atoms with van der Waals surface area (Å²) < 4.78 is 0.703. The number of carboxylic acid groups (broad SMARTS) is 1. The minimum Gasteiger partial charge on any atom is -0.465 e. The quantitative estimate of drug-likeness (QED) is 0.743. The minimum atomic E-state index is -1.11. The predicted molar refractivity (Wildman–Crippen MR) is 65.9 cm³/mol. The molecule has 0 saturated heterocycles. The number of pyridine rings is 1. The summed E-state index contributed by atoms with van der Waals surface area (Å²) in [5, 5.41) is 21.2. The third kappa shape index (κ3) is 3.27. The van der Waals surface area contributed by atoms with E-state index in [1.807, 2.05) is 12.1 Å². The van der Waals surface area contributed by atoms with Crippen LogP contribution in [0.3, 0.4) is 0 Å². The van der Waals surface area contributed by atoms with E-state index in [1.165, 1.54) is 0 Å². The van der Waals surface area contributed by atoms with Crippen LogP contribution in [-0.4, -0.2) is 31.6 Å². The van der Waals surface area contributed by atoms with Crippen molar-refractivity contribution in [2.45, 2.75) is 12.5 Å². The second-order valence-electron chi connectivity index (χ2n) is 3.56. The SMILES string of the molecule is O=C(O)NC(Cc1cccc(Br)n1)c1c[nH]nn1. The third-order valence-electron chi connectivity index (χ3n) is 2.28.